The first-order valence-electron chi connectivity index (χ1n) is 9.14. The number of likely N-dealkylation sites (N-methyl/N-ethyl adjacent to an activating group) is 1. The highest BCUT2D eigenvalue weighted by Gasteiger charge is 2.36. The molecular formula is C22H24N2O3. The summed E-state index contributed by atoms with van der Waals surface area (Å²) in [4.78, 5) is 28.5. The Bertz CT molecular complexity index is 815. The van der Waals surface area contributed by atoms with E-state index >= 15 is 0 Å². The van der Waals surface area contributed by atoms with E-state index in [1.165, 1.54) is 11.0 Å². The predicted octanol–water partition coefficient (Wildman–Crippen LogP) is 3.36. The molecule has 0 radical (unpaired) electrons. The topological polar surface area (TPSA) is 49.9 Å². The van der Waals surface area contributed by atoms with Gasteiger partial charge in [0.1, 0.15) is 11.8 Å². The van der Waals surface area contributed by atoms with E-state index in [2.05, 4.69) is 0 Å². The zero-order chi connectivity index (χ0) is 19.2. The van der Waals surface area contributed by atoms with Gasteiger partial charge in [-0.1, -0.05) is 30.3 Å². The van der Waals surface area contributed by atoms with Crippen LogP contribution >= 0.6 is 0 Å². The van der Waals surface area contributed by atoms with E-state index < -0.39 is 6.04 Å². The van der Waals surface area contributed by atoms with Crippen LogP contribution in [0.15, 0.2) is 60.7 Å². The van der Waals surface area contributed by atoms with Crippen LogP contribution in [0, 0.1) is 0 Å². The molecule has 1 heterocycles. The van der Waals surface area contributed by atoms with Gasteiger partial charge in [0.05, 0.1) is 6.61 Å². The monoisotopic (exact) mass is 364 g/mol. The van der Waals surface area contributed by atoms with Crippen molar-refractivity contribution < 1.29 is 14.3 Å². The van der Waals surface area contributed by atoms with E-state index in [1.54, 1.807) is 18.0 Å². The number of carbonyl (C=O) groups is 2. The minimum Gasteiger partial charge on any atom is -0.494 e. The van der Waals surface area contributed by atoms with Gasteiger partial charge in [0.2, 0.25) is 11.8 Å². The lowest BCUT2D eigenvalue weighted by atomic mass is 10.2. The van der Waals surface area contributed by atoms with Gasteiger partial charge in [-0.25, -0.2) is 0 Å². The second kappa shape index (κ2) is 8.54. The van der Waals surface area contributed by atoms with E-state index in [0.717, 1.165) is 17.0 Å². The van der Waals surface area contributed by atoms with Crippen molar-refractivity contribution in [3.63, 3.8) is 0 Å². The first-order valence-corrected chi connectivity index (χ1v) is 9.14. The number of nitrogens with zero attached hydrogens (tertiary/aromatic N) is 2. The van der Waals surface area contributed by atoms with Gasteiger partial charge < -0.3 is 14.5 Å². The van der Waals surface area contributed by atoms with Gasteiger partial charge in [0.15, 0.2) is 0 Å². The average molecular weight is 364 g/mol. The lowest BCUT2D eigenvalue weighted by Gasteiger charge is -2.23. The zero-order valence-corrected chi connectivity index (χ0v) is 15.7. The molecule has 2 aromatic carbocycles. The molecule has 5 heteroatoms. The van der Waals surface area contributed by atoms with Crippen LogP contribution in [0.3, 0.4) is 0 Å². The van der Waals surface area contributed by atoms with Crippen LogP contribution in [-0.4, -0.2) is 43.0 Å². The van der Waals surface area contributed by atoms with Crippen molar-refractivity contribution in [3.05, 3.63) is 66.2 Å². The van der Waals surface area contributed by atoms with Crippen LogP contribution < -0.4 is 9.64 Å². The van der Waals surface area contributed by atoms with Crippen molar-refractivity contribution in [2.24, 2.45) is 0 Å². The lowest BCUT2D eigenvalue weighted by Crippen LogP contribution is -2.42. The van der Waals surface area contributed by atoms with Crippen molar-refractivity contribution >= 4 is 23.6 Å². The molecule has 2 amide bonds. The summed E-state index contributed by atoms with van der Waals surface area (Å²) < 4.78 is 5.41. The second-order valence-corrected chi connectivity index (χ2v) is 6.41. The summed E-state index contributed by atoms with van der Waals surface area (Å²) >= 11 is 0. The van der Waals surface area contributed by atoms with Crippen molar-refractivity contribution in [1.82, 2.24) is 4.90 Å². The number of ether oxygens (including phenoxy) is 1. The van der Waals surface area contributed by atoms with Crippen molar-refractivity contribution in [3.8, 4) is 5.75 Å². The Morgan fingerprint density at radius 2 is 1.89 bits per heavy atom. The Morgan fingerprint density at radius 3 is 2.56 bits per heavy atom. The Labute approximate surface area is 159 Å². The number of rotatable bonds is 6. The Balaban J connectivity index is 1.62. The van der Waals surface area contributed by atoms with Gasteiger partial charge in [-0.2, -0.15) is 0 Å². The quantitative estimate of drug-likeness (QED) is 0.739. The Morgan fingerprint density at radius 1 is 1.19 bits per heavy atom. The van der Waals surface area contributed by atoms with Gasteiger partial charge in [-0.15, -0.1) is 0 Å². The predicted molar refractivity (Wildman–Crippen MR) is 107 cm³/mol. The summed E-state index contributed by atoms with van der Waals surface area (Å²) in [7, 11) is 1.68. The molecule has 1 aliphatic heterocycles. The molecule has 3 rings (SSSR count). The average Bonchev–Trinajstić information content (AvgIpc) is 3.09. The van der Waals surface area contributed by atoms with Crippen LogP contribution in [0.1, 0.15) is 18.9 Å². The van der Waals surface area contributed by atoms with Gasteiger partial charge >= 0.3 is 0 Å². The molecule has 1 aliphatic rings. The SMILES string of the molecule is CCOc1ccc(C=CC(=O)N(C)C2CCN(c3ccccc3)C2=O)cc1. The molecule has 0 aliphatic carbocycles. The maximum atomic E-state index is 12.7. The third kappa shape index (κ3) is 4.37. The molecule has 1 fully saturated rings. The summed E-state index contributed by atoms with van der Waals surface area (Å²) in [5, 5.41) is 0. The standard InChI is InChI=1S/C22H24N2O3/c1-3-27-19-12-9-17(10-13-19)11-14-21(25)23(2)20-15-16-24(22(20)26)18-7-5-4-6-8-18/h4-14,20H,3,15-16H2,1-2H3. The van der Waals surface area contributed by atoms with Crippen LogP contribution in [0.25, 0.3) is 6.08 Å². The fourth-order valence-electron chi connectivity index (χ4n) is 3.17. The zero-order valence-electron chi connectivity index (χ0n) is 15.7. The molecule has 1 saturated heterocycles. The number of hydrogen-bond acceptors (Lipinski definition) is 3. The highest BCUT2D eigenvalue weighted by Crippen LogP contribution is 2.24. The van der Waals surface area contributed by atoms with Crippen LogP contribution in [0.5, 0.6) is 5.75 Å². The van der Waals surface area contributed by atoms with E-state index in [9.17, 15) is 9.59 Å². The number of hydrogen-bond donors (Lipinski definition) is 0. The smallest absolute Gasteiger partial charge is 0.249 e. The van der Waals surface area contributed by atoms with Gasteiger partial charge in [-0.3, -0.25) is 9.59 Å². The molecule has 2 aromatic rings. The van der Waals surface area contributed by atoms with Gasteiger partial charge in [0, 0.05) is 25.4 Å². The molecule has 0 saturated carbocycles. The molecule has 1 unspecified atom stereocenters. The van der Waals surface area contributed by atoms with Crippen molar-refractivity contribution in [1.29, 1.82) is 0 Å². The van der Waals surface area contributed by atoms with Crippen molar-refractivity contribution in [2.45, 2.75) is 19.4 Å². The maximum absolute atomic E-state index is 12.7. The number of amides is 2. The molecule has 27 heavy (non-hydrogen) atoms. The number of benzene rings is 2. The Hall–Kier alpha value is -3.08. The van der Waals surface area contributed by atoms with E-state index in [4.69, 9.17) is 4.74 Å². The maximum Gasteiger partial charge on any atom is 0.249 e. The third-order valence-electron chi connectivity index (χ3n) is 4.67. The minimum absolute atomic E-state index is 0.0356. The molecule has 5 nitrogen and oxygen atoms in total. The third-order valence-corrected chi connectivity index (χ3v) is 4.67. The lowest BCUT2D eigenvalue weighted by molar-refractivity contribution is -0.132. The first-order chi connectivity index (χ1) is 13.1. The molecule has 0 spiro atoms. The normalized spacial score (nSPS) is 16.7. The van der Waals surface area contributed by atoms with Crippen LogP contribution in [-0.2, 0) is 9.59 Å². The first kappa shape index (κ1) is 18.7. The molecule has 0 N–H and O–H groups in total. The number of anilines is 1. The minimum atomic E-state index is -0.428. The molecule has 0 aromatic heterocycles. The summed E-state index contributed by atoms with van der Waals surface area (Å²) in [5.41, 5.74) is 1.78. The Kier molecular flexibility index (Phi) is 5.91. The number of carbonyl (C=O) groups excluding carboxylic acids is 2. The summed E-state index contributed by atoms with van der Waals surface area (Å²) in [5.74, 6) is 0.583. The second-order valence-electron chi connectivity index (χ2n) is 6.41. The summed E-state index contributed by atoms with van der Waals surface area (Å²) in [6.07, 6.45) is 3.89. The van der Waals surface area contributed by atoms with Gasteiger partial charge in [-0.05, 0) is 49.2 Å². The van der Waals surface area contributed by atoms with Gasteiger partial charge in [0.25, 0.3) is 0 Å². The largest absolute Gasteiger partial charge is 0.494 e. The molecule has 0 bridgehead atoms. The van der Waals surface area contributed by atoms with Crippen LogP contribution in [0.2, 0.25) is 0 Å². The fraction of sp³-hybridized carbons (Fsp3) is 0.273. The highest BCUT2D eigenvalue weighted by atomic mass is 16.5. The number of para-hydroxylation sites is 1. The molecular weight excluding hydrogens is 340 g/mol. The van der Waals surface area contributed by atoms with Crippen LogP contribution in [0.4, 0.5) is 5.69 Å². The summed E-state index contributed by atoms with van der Waals surface area (Å²) in [6, 6.07) is 16.7. The van der Waals surface area contributed by atoms with Crippen molar-refractivity contribution in [2.75, 3.05) is 25.1 Å². The molecule has 140 valence electrons. The van der Waals surface area contributed by atoms with E-state index in [1.807, 2.05) is 61.5 Å². The highest BCUT2D eigenvalue weighted by molar-refractivity contribution is 6.03. The summed E-state index contributed by atoms with van der Waals surface area (Å²) in [6.45, 7) is 3.17. The fourth-order valence-corrected chi connectivity index (χ4v) is 3.17. The molecule has 1 atom stereocenters. The van der Waals surface area contributed by atoms with E-state index in [0.29, 0.717) is 19.6 Å². The van der Waals surface area contributed by atoms with E-state index in [-0.39, 0.29) is 11.8 Å².